The number of aryl methyl sites for hydroxylation is 1. The normalized spacial score (nSPS) is 10.7. The molecule has 1 amide bonds. The minimum absolute atomic E-state index is 0.283. The van der Waals surface area contributed by atoms with E-state index in [1.54, 1.807) is 24.6 Å². The van der Waals surface area contributed by atoms with Gasteiger partial charge in [-0.05, 0) is 44.5 Å². The van der Waals surface area contributed by atoms with Gasteiger partial charge in [0.25, 0.3) is 11.7 Å². The number of amides is 1. The van der Waals surface area contributed by atoms with Gasteiger partial charge in [-0.25, -0.2) is 4.68 Å². The number of ketones is 1. The highest BCUT2D eigenvalue weighted by molar-refractivity contribution is 6.43. The number of aromatic nitrogens is 2. The minimum Gasteiger partial charge on any atom is -0.332 e. The molecule has 3 aromatic rings. The zero-order valence-corrected chi connectivity index (χ0v) is 16.9. The molecule has 0 aliphatic rings. The molecule has 0 aliphatic carbocycles. The van der Waals surface area contributed by atoms with Crippen molar-refractivity contribution in [1.29, 1.82) is 0 Å². The van der Waals surface area contributed by atoms with Crippen molar-refractivity contribution in [2.75, 3.05) is 6.54 Å². The molecule has 5 nitrogen and oxygen atoms in total. The van der Waals surface area contributed by atoms with Crippen LogP contribution in [0.5, 0.6) is 0 Å². The van der Waals surface area contributed by atoms with E-state index in [-0.39, 0.29) is 6.54 Å². The highest BCUT2D eigenvalue weighted by Crippen LogP contribution is 2.21. The third-order valence-electron chi connectivity index (χ3n) is 4.70. The molecule has 0 unspecified atom stereocenters. The number of Topliss-reactive ketones (excluding diaryl/α,β-unsaturated/α-hetero) is 1. The van der Waals surface area contributed by atoms with Gasteiger partial charge in [0.15, 0.2) is 0 Å². The Kier molecular flexibility index (Phi) is 5.95. The Balaban J connectivity index is 1.89. The van der Waals surface area contributed by atoms with Crippen molar-refractivity contribution < 1.29 is 9.59 Å². The van der Waals surface area contributed by atoms with Gasteiger partial charge in [0.1, 0.15) is 0 Å². The number of hydrogen-bond acceptors (Lipinski definition) is 3. The SMILES string of the molecule is CCN(Cc1ccccc1Cl)C(=O)C(=O)c1c(C)nn(-c2ccccc2)c1C. The molecule has 6 heteroatoms. The lowest BCUT2D eigenvalue weighted by molar-refractivity contribution is -0.126. The molecule has 3 rings (SSSR count). The van der Waals surface area contributed by atoms with Crippen LogP contribution in [0.1, 0.15) is 34.2 Å². The maximum Gasteiger partial charge on any atom is 0.295 e. The molecular weight excluding hydrogens is 374 g/mol. The standard InChI is InChI=1S/C22H22ClN3O2/c1-4-25(14-17-10-8-9-13-19(17)23)22(28)21(27)20-15(2)24-26(16(20)3)18-11-6-5-7-12-18/h5-13H,4,14H2,1-3H3. The summed E-state index contributed by atoms with van der Waals surface area (Å²) >= 11 is 6.21. The van der Waals surface area contributed by atoms with Crippen molar-refractivity contribution in [2.45, 2.75) is 27.3 Å². The molecule has 1 aromatic heterocycles. The zero-order valence-electron chi connectivity index (χ0n) is 16.1. The Morgan fingerprint density at radius 3 is 2.32 bits per heavy atom. The van der Waals surface area contributed by atoms with Gasteiger partial charge in [-0.3, -0.25) is 9.59 Å². The first-order valence-electron chi connectivity index (χ1n) is 9.12. The average molecular weight is 396 g/mol. The molecule has 0 fully saturated rings. The van der Waals surface area contributed by atoms with Crippen LogP contribution in [-0.2, 0) is 11.3 Å². The van der Waals surface area contributed by atoms with Crippen molar-refractivity contribution in [3.63, 3.8) is 0 Å². The van der Waals surface area contributed by atoms with Crippen LogP contribution in [0, 0.1) is 13.8 Å². The van der Waals surface area contributed by atoms with Crippen LogP contribution in [0.4, 0.5) is 0 Å². The predicted octanol–water partition coefficient (Wildman–Crippen LogP) is 4.37. The third-order valence-corrected chi connectivity index (χ3v) is 5.07. The lowest BCUT2D eigenvalue weighted by Gasteiger charge is -2.21. The molecule has 0 radical (unpaired) electrons. The Labute approximate surface area is 169 Å². The number of rotatable bonds is 6. The van der Waals surface area contributed by atoms with Crippen LogP contribution in [0.3, 0.4) is 0 Å². The number of hydrogen-bond donors (Lipinski definition) is 0. The maximum absolute atomic E-state index is 13.0. The van der Waals surface area contributed by atoms with Crippen LogP contribution in [0.15, 0.2) is 54.6 Å². The molecule has 0 N–H and O–H groups in total. The molecule has 0 aliphatic heterocycles. The summed E-state index contributed by atoms with van der Waals surface area (Å²) in [7, 11) is 0. The Hall–Kier alpha value is -2.92. The van der Waals surface area contributed by atoms with E-state index in [4.69, 9.17) is 11.6 Å². The van der Waals surface area contributed by atoms with Crippen LogP contribution in [0.25, 0.3) is 5.69 Å². The summed E-state index contributed by atoms with van der Waals surface area (Å²) < 4.78 is 1.69. The van der Waals surface area contributed by atoms with Crippen LogP contribution in [-0.4, -0.2) is 32.9 Å². The lowest BCUT2D eigenvalue weighted by atomic mass is 10.1. The van der Waals surface area contributed by atoms with E-state index in [1.807, 2.05) is 55.5 Å². The molecule has 0 atom stereocenters. The van der Waals surface area contributed by atoms with E-state index in [0.29, 0.717) is 28.5 Å². The second-order valence-electron chi connectivity index (χ2n) is 6.53. The Morgan fingerprint density at radius 2 is 1.68 bits per heavy atom. The molecule has 2 aromatic carbocycles. The zero-order chi connectivity index (χ0) is 20.3. The Bertz CT molecular complexity index is 1010. The predicted molar refractivity (Wildman–Crippen MR) is 110 cm³/mol. The summed E-state index contributed by atoms with van der Waals surface area (Å²) in [6.07, 6.45) is 0. The first-order valence-corrected chi connectivity index (χ1v) is 9.50. The van der Waals surface area contributed by atoms with Crippen LogP contribution < -0.4 is 0 Å². The summed E-state index contributed by atoms with van der Waals surface area (Å²) in [5.41, 5.74) is 3.19. The van der Waals surface area contributed by atoms with Crippen LogP contribution in [0.2, 0.25) is 5.02 Å². The molecule has 0 saturated heterocycles. The van der Waals surface area contributed by atoms with Crippen molar-refractivity contribution >= 4 is 23.3 Å². The van der Waals surface area contributed by atoms with E-state index >= 15 is 0 Å². The van der Waals surface area contributed by atoms with Gasteiger partial charge >= 0.3 is 0 Å². The fourth-order valence-electron chi connectivity index (χ4n) is 3.20. The monoisotopic (exact) mass is 395 g/mol. The number of halogens is 1. The minimum atomic E-state index is -0.554. The summed E-state index contributed by atoms with van der Waals surface area (Å²) in [4.78, 5) is 27.5. The van der Waals surface area contributed by atoms with Crippen molar-refractivity contribution in [3.05, 3.63) is 82.1 Å². The second kappa shape index (κ2) is 8.40. The molecule has 0 spiro atoms. The molecule has 28 heavy (non-hydrogen) atoms. The third kappa shape index (κ3) is 3.85. The first kappa shape index (κ1) is 19.8. The number of nitrogens with zero attached hydrogens (tertiary/aromatic N) is 3. The average Bonchev–Trinajstić information content (AvgIpc) is 3.01. The van der Waals surface area contributed by atoms with Gasteiger partial charge in [0, 0.05) is 18.1 Å². The highest BCUT2D eigenvalue weighted by Gasteiger charge is 2.28. The van der Waals surface area contributed by atoms with Gasteiger partial charge in [0.2, 0.25) is 0 Å². The molecular formula is C22H22ClN3O2. The number of carbonyl (C=O) groups is 2. The van der Waals surface area contributed by atoms with E-state index in [9.17, 15) is 9.59 Å². The quantitative estimate of drug-likeness (QED) is 0.460. The smallest absolute Gasteiger partial charge is 0.295 e. The summed E-state index contributed by atoms with van der Waals surface area (Å²) in [6, 6.07) is 16.9. The van der Waals surface area contributed by atoms with Crippen molar-refractivity contribution in [1.82, 2.24) is 14.7 Å². The molecule has 0 saturated carbocycles. The number of benzene rings is 2. The molecule has 0 bridgehead atoms. The largest absolute Gasteiger partial charge is 0.332 e. The number of likely N-dealkylation sites (N-methyl/N-ethyl adjacent to an activating group) is 1. The van der Waals surface area contributed by atoms with Gasteiger partial charge in [-0.15, -0.1) is 0 Å². The number of carbonyl (C=O) groups excluding carboxylic acids is 2. The van der Waals surface area contributed by atoms with Gasteiger partial charge in [-0.1, -0.05) is 48.0 Å². The first-order chi connectivity index (χ1) is 13.4. The summed E-state index contributed by atoms with van der Waals surface area (Å²) in [6.45, 7) is 6.08. The summed E-state index contributed by atoms with van der Waals surface area (Å²) in [5.74, 6) is -1.10. The summed E-state index contributed by atoms with van der Waals surface area (Å²) in [5, 5.41) is 5.05. The second-order valence-corrected chi connectivity index (χ2v) is 6.94. The highest BCUT2D eigenvalue weighted by atomic mass is 35.5. The van der Waals surface area contributed by atoms with E-state index < -0.39 is 11.7 Å². The fourth-order valence-corrected chi connectivity index (χ4v) is 3.40. The number of para-hydroxylation sites is 1. The van der Waals surface area contributed by atoms with Crippen molar-refractivity contribution in [3.8, 4) is 5.69 Å². The topological polar surface area (TPSA) is 55.2 Å². The van der Waals surface area contributed by atoms with Crippen molar-refractivity contribution in [2.24, 2.45) is 0 Å². The lowest BCUT2D eigenvalue weighted by Crippen LogP contribution is -2.36. The fraction of sp³-hybridized carbons (Fsp3) is 0.227. The van der Waals surface area contributed by atoms with E-state index in [0.717, 1.165) is 11.3 Å². The van der Waals surface area contributed by atoms with Gasteiger partial charge in [-0.2, -0.15) is 5.10 Å². The van der Waals surface area contributed by atoms with Crippen LogP contribution >= 0.6 is 11.6 Å². The van der Waals surface area contributed by atoms with E-state index in [2.05, 4.69) is 5.10 Å². The van der Waals surface area contributed by atoms with Gasteiger partial charge in [0.05, 0.1) is 22.6 Å². The van der Waals surface area contributed by atoms with Gasteiger partial charge < -0.3 is 4.90 Å². The van der Waals surface area contributed by atoms with E-state index in [1.165, 1.54) is 4.90 Å². The molecule has 1 heterocycles. The molecule has 144 valence electrons. The Morgan fingerprint density at radius 1 is 1.04 bits per heavy atom. The maximum atomic E-state index is 13.0.